The van der Waals surface area contributed by atoms with Gasteiger partial charge in [0, 0.05) is 0 Å². The first-order chi connectivity index (χ1) is 9.50. The van der Waals surface area contributed by atoms with Crippen molar-refractivity contribution in [1.29, 1.82) is 0 Å². The van der Waals surface area contributed by atoms with Crippen LogP contribution in [-0.2, 0) is 14.6 Å². The topological polar surface area (TPSA) is 84.8 Å². The minimum Gasteiger partial charge on any atom is -0.497 e. The molecule has 6 nitrogen and oxygen atoms in total. The lowest BCUT2D eigenvalue weighted by atomic mass is 10.1. The molecule has 1 saturated heterocycles. The van der Waals surface area contributed by atoms with Gasteiger partial charge in [-0.3, -0.25) is 4.79 Å². The van der Waals surface area contributed by atoms with Crippen LogP contribution in [-0.4, -0.2) is 39.2 Å². The Hall–Kier alpha value is -1.89. The second kappa shape index (κ2) is 6.04. The van der Waals surface area contributed by atoms with Gasteiger partial charge >= 0.3 is 0 Å². The van der Waals surface area contributed by atoms with Crippen LogP contribution in [0.2, 0.25) is 0 Å². The molecule has 2 rings (SSSR count). The Bertz CT molecular complexity index is 625. The fourth-order valence-corrected chi connectivity index (χ4v) is 3.73. The lowest BCUT2D eigenvalue weighted by Crippen LogP contribution is -2.27. The van der Waals surface area contributed by atoms with Gasteiger partial charge in [-0.15, -0.1) is 0 Å². The van der Waals surface area contributed by atoms with Gasteiger partial charge in [0.05, 0.1) is 30.7 Å². The number of rotatable bonds is 4. The van der Waals surface area contributed by atoms with Crippen LogP contribution >= 0.6 is 0 Å². The van der Waals surface area contributed by atoms with Crippen LogP contribution in [0.3, 0.4) is 0 Å². The van der Waals surface area contributed by atoms with Gasteiger partial charge in [0.1, 0.15) is 5.75 Å². The summed E-state index contributed by atoms with van der Waals surface area (Å²) < 4.78 is 27.6. The summed E-state index contributed by atoms with van der Waals surface area (Å²) in [5.74, 6) is -0.173. The molecule has 0 unspecified atom stereocenters. The maximum atomic E-state index is 11.7. The van der Waals surface area contributed by atoms with E-state index in [-0.39, 0.29) is 17.4 Å². The Morgan fingerprint density at radius 2 is 2.30 bits per heavy atom. The van der Waals surface area contributed by atoms with Gasteiger partial charge in [-0.05, 0) is 24.1 Å². The first kappa shape index (κ1) is 14.5. The first-order valence-corrected chi connectivity index (χ1v) is 8.00. The Balaban J connectivity index is 1.91. The predicted molar refractivity (Wildman–Crippen MR) is 75.5 cm³/mol. The number of amides is 1. The highest BCUT2D eigenvalue weighted by atomic mass is 32.2. The Morgan fingerprint density at radius 1 is 1.50 bits per heavy atom. The summed E-state index contributed by atoms with van der Waals surface area (Å²) in [5.41, 5.74) is 3.15. The minimum absolute atomic E-state index is 0.0741. The van der Waals surface area contributed by atoms with E-state index in [4.69, 9.17) is 4.74 Å². The summed E-state index contributed by atoms with van der Waals surface area (Å²) in [6.45, 7) is 0. The summed E-state index contributed by atoms with van der Waals surface area (Å²) in [6, 6.07) is 7.21. The van der Waals surface area contributed by atoms with Crippen molar-refractivity contribution in [2.24, 2.45) is 11.0 Å². The molecule has 1 aromatic carbocycles. The SMILES string of the molecule is COc1cccc(/C=N\NC(=O)[C@H]2CCS(=O)(=O)C2)c1. The van der Waals surface area contributed by atoms with E-state index in [0.717, 1.165) is 5.56 Å². The number of hydrazone groups is 1. The van der Waals surface area contributed by atoms with Crippen molar-refractivity contribution >= 4 is 22.0 Å². The zero-order valence-corrected chi connectivity index (χ0v) is 11.9. The summed E-state index contributed by atoms with van der Waals surface area (Å²) in [6.07, 6.45) is 1.85. The molecule has 1 fully saturated rings. The molecule has 1 aliphatic heterocycles. The van der Waals surface area contributed by atoms with Gasteiger partial charge in [0.25, 0.3) is 0 Å². The van der Waals surface area contributed by atoms with E-state index in [1.54, 1.807) is 19.2 Å². The Kier molecular flexibility index (Phi) is 4.39. The van der Waals surface area contributed by atoms with Crippen LogP contribution in [0.15, 0.2) is 29.4 Å². The van der Waals surface area contributed by atoms with Crippen LogP contribution in [0.5, 0.6) is 5.75 Å². The molecular weight excluding hydrogens is 280 g/mol. The van der Waals surface area contributed by atoms with Crippen molar-refractivity contribution in [3.05, 3.63) is 29.8 Å². The molecule has 0 radical (unpaired) electrons. The molecule has 20 heavy (non-hydrogen) atoms. The third kappa shape index (κ3) is 3.80. The summed E-state index contributed by atoms with van der Waals surface area (Å²) in [4.78, 5) is 11.7. The summed E-state index contributed by atoms with van der Waals surface area (Å²) in [7, 11) is -1.49. The second-order valence-corrected chi connectivity index (χ2v) is 6.84. The van der Waals surface area contributed by atoms with E-state index < -0.39 is 15.8 Å². The molecule has 0 spiro atoms. The maximum absolute atomic E-state index is 11.7. The molecule has 0 aliphatic carbocycles. The fraction of sp³-hybridized carbons (Fsp3) is 0.385. The molecule has 7 heteroatoms. The number of hydrogen-bond acceptors (Lipinski definition) is 5. The lowest BCUT2D eigenvalue weighted by molar-refractivity contribution is -0.124. The third-order valence-corrected chi connectivity index (χ3v) is 4.85. The smallest absolute Gasteiger partial charge is 0.244 e. The number of ether oxygens (including phenoxy) is 1. The predicted octanol–water partition coefficient (Wildman–Crippen LogP) is 0.580. The molecule has 0 saturated carbocycles. The lowest BCUT2D eigenvalue weighted by Gasteiger charge is -2.04. The van der Waals surface area contributed by atoms with E-state index in [1.807, 2.05) is 12.1 Å². The first-order valence-electron chi connectivity index (χ1n) is 6.17. The van der Waals surface area contributed by atoms with Gasteiger partial charge in [-0.2, -0.15) is 5.10 Å². The molecule has 108 valence electrons. The maximum Gasteiger partial charge on any atom is 0.244 e. The average Bonchev–Trinajstić information content (AvgIpc) is 2.79. The molecule has 0 bridgehead atoms. The van der Waals surface area contributed by atoms with Crippen molar-refractivity contribution < 1.29 is 17.9 Å². The van der Waals surface area contributed by atoms with Crippen LogP contribution in [0.1, 0.15) is 12.0 Å². The van der Waals surface area contributed by atoms with Crippen LogP contribution in [0.25, 0.3) is 0 Å². The number of sulfone groups is 1. The molecular formula is C13H16N2O4S. The van der Waals surface area contributed by atoms with Crippen molar-refractivity contribution in [3.8, 4) is 5.75 Å². The molecule has 1 atom stereocenters. The average molecular weight is 296 g/mol. The van der Waals surface area contributed by atoms with Crippen molar-refractivity contribution in [1.82, 2.24) is 5.43 Å². The van der Waals surface area contributed by atoms with E-state index in [1.165, 1.54) is 6.21 Å². The normalized spacial score (nSPS) is 20.9. The van der Waals surface area contributed by atoms with Crippen molar-refractivity contribution in [3.63, 3.8) is 0 Å². The summed E-state index contributed by atoms with van der Waals surface area (Å²) in [5, 5.41) is 3.83. The zero-order valence-electron chi connectivity index (χ0n) is 11.1. The number of carbonyl (C=O) groups is 1. The van der Waals surface area contributed by atoms with Crippen molar-refractivity contribution in [2.75, 3.05) is 18.6 Å². The molecule has 0 aromatic heterocycles. The molecule has 1 heterocycles. The number of nitrogens with one attached hydrogen (secondary N) is 1. The fourth-order valence-electron chi connectivity index (χ4n) is 1.99. The van der Waals surface area contributed by atoms with Crippen LogP contribution in [0.4, 0.5) is 0 Å². The highest BCUT2D eigenvalue weighted by Crippen LogP contribution is 2.18. The van der Waals surface area contributed by atoms with Gasteiger partial charge in [0.2, 0.25) is 5.91 Å². The molecule has 1 aliphatic rings. The molecule has 1 aromatic rings. The highest BCUT2D eigenvalue weighted by molar-refractivity contribution is 7.91. The Morgan fingerprint density at radius 3 is 2.95 bits per heavy atom. The minimum atomic E-state index is -3.06. The number of benzene rings is 1. The van der Waals surface area contributed by atoms with Crippen LogP contribution < -0.4 is 10.2 Å². The highest BCUT2D eigenvalue weighted by Gasteiger charge is 2.32. The van der Waals surface area contributed by atoms with E-state index in [0.29, 0.717) is 12.2 Å². The van der Waals surface area contributed by atoms with E-state index in [2.05, 4.69) is 10.5 Å². The van der Waals surface area contributed by atoms with Gasteiger partial charge in [-0.1, -0.05) is 12.1 Å². The number of methoxy groups -OCH3 is 1. The quantitative estimate of drug-likeness (QED) is 0.650. The number of carbonyl (C=O) groups excluding carboxylic acids is 1. The van der Waals surface area contributed by atoms with Gasteiger partial charge < -0.3 is 4.74 Å². The number of hydrogen-bond donors (Lipinski definition) is 1. The standard InChI is InChI=1S/C13H16N2O4S/c1-19-12-4-2-3-10(7-12)8-14-15-13(16)11-5-6-20(17,18)9-11/h2-4,7-8,11H,5-6,9H2,1H3,(H,15,16)/b14-8-/t11-/m0/s1. The van der Waals surface area contributed by atoms with E-state index >= 15 is 0 Å². The zero-order chi connectivity index (χ0) is 14.6. The second-order valence-electron chi connectivity index (χ2n) is 4.61. The van der Waals surface area contributed by atoms with Crippen molar-refractivity contribution in [2.45, 2.75) is 6.42 Å². The molecule has 1 amide bonds. The number of nitrogens with zero attached hydrogens (tertiary/aromatic N) is 1. The molecule has 1 N–H and O–H groups in total. The van der Waals surface area contributed by atoms with Gasteiger partial charge in [0.15, 0.2) is 9.84 Å². The third-order valence-electron chi connectivity index (χ3n) is 3.09. The monoisotopic (exact) mass is 296 g/mol. The Labute approximate surface area is 117 Å². The van der Waals surface area contributed by atoms with Crippen LogP contribution in [0, 0.1) is 5.92 Å². The summed E-state index contributed by atoms with van der Waals surface area (Å²) >= 11 is 0. The largest absolute Gasteiger partial charge is 0.497 e. The van der Waals surface area contributed by atoms with E-state index in [9.17, 15) is 13.2 Å². The van der Waals surface area contributed by atoms with Gasteiger partial charge in [-0.25, -0.2) is 13.8 Å².